The second kappa shape index (κ2) is 6.08. The van der Waals surface area contributed by atoms with Crippen molar-refractivity contribution < 1.29 is 0 Å². The van der Waals surface area contributed by atoms with E-state index in [1.807, 2.05) is 22.7 Å². The van der Waals surface area contributed by atoms with E-state index in [1.165, 1.54) is 19.5 Å². The predicted octanol–water partition coefficient (Wildman–Crippen LogP) is 3.66. The summed E-state index contributed by atoms with van der Waals surface area (Å²) < 4.78 is 1.28. The highest BCUT2D eigenvalue weighted by molar-refractivity contribution is 7.19. The van der Waals surface area contributed by atoms with Gasteiger partial charge in [0.25, 0.3) is 0 Å². The molecule has 1 aliphatic heterocycles. The summed E-state index contributed by atoms with van der Waals surface area (Å²) in [5.74, 6) is 0. The third kappa shape index (κ3) is 2.70. The van der Waals surface area contributed by atoms with Crippen LogP contribution in [0.2, 0.25) is 0 Å². The second-order valence-electron chi connectivity index (χ2n) is 5.66. The van der Waals surface area contributed by atoms with Crippen molar-refractivity contribution >= 4 is 32.9 Å². The molecule has 1 unspecified atom stereocenters. The first-order valence-electron chi connectivity index (χ1n) is 7.68. The molecule has 3 heterocycles. The summed E-state index contributed by atoms with van der Waals surface area (Å²) in [6.45, 7) is 6.47. The first-order valence-corrected chi connectivity index (χ1v) is 9.31. The molecule has 1 aromatic carbocycles. The van der Waals surface area contributed by atoms with Crippen LogP contribution in [0.5, 0.6) is 0 Å². The highest BCUT2D eigenvalue weighted by atomic mass is 32.1. The number of piperazine rings is 1. The first-order chi connectivity index (χ1) is 10.8. The molecule has 0 bridgehead atoms. The van der Waals surface area contributed by atoms with Gasteiger partial charge in [0, 0.05) is 35.9 Å². The van der Waals surface area contributed by atoms with Crippen LogP contribution in [0.4, 0.5) is 0 Å². The van der Waals surface area contributed by atoms with Crippen LogP contribution in [-0.2, 0) is 0 Å². The third-order valence-electron chi connectivity index (χ3n) is 4.09. The summed E-state index contributed by atoms with van der Waals surface area (Å²) >= 11 is 3.74. The number of nitrogens with zero attached hydrogens (tertiary/aromatic N) is 2. The first kappa shape index (κ1) is 14.3. The molecular formula is C17H19N3S2. The SMILES string of the molecule is Cc1ccc(C(c2nc3ccccc3s2)N2CCNCC2)s1. The molecule has 3 nitrogen and oxygen atoms in total. The number of aromatic nitrogens is 1. The minimum atomic E-state index is 0.304. The maximum absolute atomic E-state index is 4.94. The molecule has 114 valence electrons. The summed E-state index contributed by atoms with van der Waals surface area (Å²) in [4.78, 5) is 10.3. The number of benzene rings is 1. The molecular weight excluding hydrogens is 310 g/mol. The Balaban J connectivity index is 1.78. The Morgan fingerprint density at radius 1 is 1.09 bits per heavy atom. The van der Waals surface area contributed by atoms with Crippen LogP contribution in [0.3, 0.4) is 0 Å². The zero-order valence-electron chi connectivity index (χ0n) is 12.6. The van der Waals surface area contributed by atoms with Gasteiger partial charge >= 0.3 is 0 Å². The molecule has 1 aliphatic rings. The number of thiophene rings is 1. The van der Waals surface area contributed by atoms with E-state index in [0.29, 0.717) is 6.04 Å². The fraction of sp³-hybridized carbons (Fsp3) is 0.353. The molecule has 0 saturated carbocycles. The van der Waals surface area contributed by atoms with E-state index in [1.54, 1.807) is 0 Å². The number of hydrogen-bond acceptors (Lipinski definition) is 5. The Morgan fingerprint density at radius 2 is 1.91 bits per heavy atom. The van der Waals surface area contributed by atoms with Crippen molar-refractivity contribution in [1.82, 2.24) is 15.2 Å². The van der Waals surface area contributed by atoms with Crippen LogP contribution in [0.1, 0.15) is 20.8 Å². The maximum atomic E-state index is 4.94. The van der Waals surface area contributed by atoms with Crippen molar-refractivity contribution in [3.63, 3.8) is 0 Å². The molecule has 1 N–H and O–H groups in total. The highest BCUT2D eigenvalue weighted by Crippen LogP contribution is 2.37. The van der Waals surface area contributed by atoms with Gasteiger partial charge in [-0.25, -0.2) is 4.98 Å². The fourth-order valence-corrected chi connectivity index (χ4v) is 5.22. The van der Waals surface area contributed by atoms with Crippen LogP contribution < -0.4 is 5.32 Å². The van der Waals surface area contributed by atoms with E-state index in [2.05, 4.69) is 53.5 Å². The molecule has 5 heteroatoms. The van der Waals surface area contributed by atoms with Crippen molar-refractivity contribution in [2.45, 2.75) is 13.0 Å². The summed E-state index contributed by atoms with van der Waals surface area (Å²) in [5, 5.41) is 4.68. The molecule has 0 spiro atoms. The van der Waals surface area contributed by atoms with E-state index in [4.69, 9.17) is 4.98 Å². The lowest BCUT2D eigenvalue weighted by molar-refractivity contribution is 0.200. The predicted molar refractivity (Wildman–Crippen MR) is 95.0 cm³/mol. The standard InChI is InChI=1S/C17H19N3S2/c1-12-6-7-15(21-12)16(20-10-8-18-9-11-20)17-19-13-4-2-3-5-14(13)22-17/h2-7,16,18H,8-11H2,1H3. The highest BCUT2D eigenvalue weighted by Gasteiger charge is 2.27. The van der Waals surface area contributed by atoms with Crippen molar-refractivity contribution in [3.05, 3.63) is 51.2 Å². The lowest BCUT2D eigenvalue weighted by Gasteiger charge is -2.33. The molecule has 0 amide bonds. The van der Waals surface area contributed by atoms with Crippen molar-refractivity contribution in [3.8, 4) is 0 Å². The van der Waals surface area contributed by atoms with Gasteiger partial charge in [0.2, 0.25) is 0 Å². The van der Waals surface area contributed by atoms with Gasteiger partial charge in [-0.2, -0.15) is 0 Å². The molecule has 4 rings (SSSR count). The van der Waals surface area contributed by atoms with Gasteiger partial charge in [-0.05, 0) is 31.2 Å². The summed E-state index contributed by atoms with van der Waals surface area (Å²) in [6.07, 6.45) is 0. The molecule has 0 aliphatic carbocycles. The van der Waals surface area contributed by atoms with Crippen LogP contribution in [0, 0.1) is 6.92 Å². The molecule has 22 heavy (non-hydrogen) atoms. The monoisotopic (exact) mass is 329 g/mol. The Bertz CT molecular complexity index is 738. The van der Waals surface area contributed by atoms with E-state index in [9.17, 15) is 0 Å². The largest absolute Gasteiger partial charge is 0.314 e. The van der Waals surface area contributed by atoms with Crippen LogP contribution >= 0.6 is 22.7 Å². The summed E-state index contributed by atoms with van der Waals surface area (Å²) in [6, 6.07) is 13.3. The topological polar surface area (TPSA) is 28.2 Å². The van der Waals surface area contributed by atoms with Gasteiger partial charge in [-0.15, -0.1) is 22.7 Å². The number of hydrogen-bond donors (Lipinski definition) is 1. The van der Waals surface area contributed by atoms with Gasteiger partial charge in [-0.3, -0.25) is 4.90 Å². The molecule has 1 saturated heterocycles. The third-order valence-corrected chi connectivity index (χ3v) is 6.23. The number of thiazole rings is 1. The van der Waals surface area contributed by atoms with Gasteiger partial charge in [-0.1, -0.05) is 12.1 Å². The quantitative estimate of drug-likeness (QED) is 0.795. The number of aryl methyl sites for hydroxylation is 1. The Morgan fingerprint density at radius 3 is 2.64 bits per heavy atom. The van der Waals surface area contributed by atoms with E-state index >= 15 is 0 Å². The number of para-hydroxylation sites is 1. The average molecular weight is 329 g/mol. The molecule has 2 aromatic heterocycles. The van der Waals surface area contributed by atoms with Crippen LogP contribution in [0.25, 0.3) is 10.2 Å². The zero-order valence-corrected chi connectivity index (χ0v) is 14.2. The molecule has 3 aromatic rings. The smallest absolute Gasteiger partial charge is 0.116 e. The Hall–Kier alpha value is -1.27. The number of nitrogens with one attached hydrogen (secondary N) is 1. The zero-order chi connectivity index (χ0) is 14.9. The molecule has 0 radical (unpaired) electrons. The van der Waals surface area contributed by atoms with Crippen molar-refractivity contribution in [2.75, 3.05) is 26.2 Å². The van der Waals surface area contributed by atoms with Crippen LogP contribution in [0.15, 0.2) is 36.4 Å². The molecule has 1 fully saturated rings. The average Bonchev–Trinajstić information content (AvgIpc) is 3.15. The van der Waals surface area contributed by atoms with Crippen molar-refractivity contribution in [1.29, 1.82) is 0 Å². The number of fused-ring (bicyclic) bond motifs is 1. The van der Waals surface area contributed by atoms with E-state index in [0.717, 1.165) is 31.7 Å². The summed E-state index contributed by atoms with van der Waals surface area (Å²) in [7, 11) is 0. The van der Waals surface area contributed by atoms with Crippen LogP contribution in [-0.4, -0.2) is 36.1 Å². The van der Waals surface area contributed by atoms with E-state index < -0.39 is 0 Å². The minimum absolute atomic E-state index is 0.304. The van der Waals surface area contributed by atoms with E-state index in [-0.39, 0.29) is 0 Å². The number of rotatable bonds is 3. The second-order valence-corrected chi connectivity index (χ2v) is 8.04. The van der Waals surface area contributed by atoms with Gasteiger partial charge in [0.15, 0.2) is 0 Å². The minimum Gasteiger partial charge on any atom is -0.314 e. The normalized spacial score (nSPS) is 17.9. The van der Waals surface area contributed by atoms with Gasteiger partial charge in [0.1, 0.15) is 5.01 Å². The fourth-order valence-electron chi connectivity index (χ4n) is 3.01. The maximum Gasteiger partial charge on any atom is 0.116 e. The lowest BCUT2D eigenvalue weighted by atomic mass is 10.2. The van der Waals surface area contributed by atoms with Crippen molar-refractivity contribution in [2.24, 2.45) is 0 Å². The van der Waals surface area contributed by atoms with Gasteiger partial charge < -0.3 is 5.32 Å². The Labute approximate surface area is 138 Å². The lowest BCUT2D eigenvalue weighted by Crippen LogP contribution is -2.45. The van der Waals surface area contributed by atoms with Gasteiger partial charge in [0.05, 0.1) is 16.3 Å². The Kier molecular flexibility index (Phi) is 3.96. The molecule has 1 atom stereocenters. The summed E-state index contributed by atoms with van der Waals surface area (Å²) in [5.41, 5.74) is 1.12.